The maximum atomic E-state index is 6.84. The Hall–Kier alpha value is -1.66. The minimum absolute atomic E-state index is 0.671. The van der Waals surface area contributed by atoms with Gasteiger partial charge in [-0.1, -0.05) is 24.0 Å². The van der Waals surface area contributed by atoms with Crippen molar-refractivity contribution in [1.29, 1.82) is 0 Å². The van der Waals surface area contributed by atoms with Gasteiger partial charge in [-0.3, -0.25) is 0 Å². The van der Waals surface area contributed by atoms with E-state index in [1.54, 1.807) is 12.1 Å². The Morgan fingerprint density at radius 3 is 2.20 bits per heavy atom. The summed E-state index contributed by atoms with van der Waals surface area (Å²) in [5.41, 5.74) is 1.39. The second-order valence-corrected chi connectivity index (χ2v) is 1.81. The molecule has 45 valence electrons. The van der Waals surface area contributed by atoms with Crippen LogP contribution >= 0.6 is 0 Å². The molecule has 1 rings (SSSR count). The summed E-state index contributed by atoms with van der Waals surface area (Å²) < 4.78 is 0. The van der Waals surface area contributed by atoms with Crippen LogP contribution in [0.5, 0.6) is 0 Å². The molecule has 0 saturated carbocycles. The largest absolute Gasteiger partial charge is 0.115 e. The van der Waals surface area contributed by atoms with Crippen molar-refractivity contribution in [3.05, 3.63) is 41.8 Å². The predicted molar refractivity (Wildman–Crippen MR) is 40.6 cm³/mol. The van der Waals surface area contributed by atoms with Gasteiger partial charge in [-0.2, -0.15) is 0 Å². The molecule has 10 heavy (non-hydrogen) atoms. The predicted octanol–water partition coefficient (Wildman–Crippen LogP) is 1.61. The van der Waals surface area contributed by atoms with Crippen LogP contribution in [0.3, 0.4) is 0 Å². The molecular formula is C10H5. The van der Waals surface area contributed by atoms with Crippen LogP contribution in [-0.2, 0) is 0 Å². The zero-order chi connectivity index (χ0) is 7.40. The molecule has 0 fully saturated rings. The topological polar surface area (TPSA) is 0 Å². The third kappa shape index (κ3) is 1.02. The van der Waals surface area contributed by atoms with Gasteiger partial charge in [-0.25, -0.2) is 0 Å². The number of rotatable bonds is 0. The number of hydrogen-bond donors (Lipinski definition) is 0. The highest BCUT2D eigenvalue weighted by Gasteiger charge is 1.91. The normalized spacial score (nSPS) is 7.80. The van der Waals surface area contributed by atoms with E-state index in [0.29, 0.717) is 5.56 Å². The van der Waals surface area contributed by atoms with Crippen molar-refractivity contribution in [1.82, 2.24) is 0 Å². The van der Waals surface area contributed by atoms with Gasteiger partial charge in [0.2, 0.25) is 0 Å². The third-order valence-corrected chi connectivity index (χ3v) is 1.22. The molecule has 0 aliphatic heterocycles. The molecule has 0 bridgehead atoms. The van der Waals surface area contributed by atoms with E-state index in [1.807, 2.05) is 12.1 Å². The van der Waals surface area contributed by atoms with Crippen LogP contribution in [0, 0.1) is 24.7 Å². The molecule has 0 unspecified atom stereocenters. The van der Waals surface area contributed by atoms with Crippen molar-refractivity contribution in [2.24, 2.45) is 0 Å². The van der Waals surface area contributed by atoms with Crippen LogP contribution in [0.25, 0.3) is 0 Å². The maximum Gasteiger partial charge on any atom is 0.0412 e. The van der Waals surface area contributed by atoms with E-state index < -0.39 is 0 Å². The maximum absolute atomic E-state index is 6.84. The average molecular weight is 125 g/mol. The van der Waals surface area contributed by atoms with E-state index in [-0.39, 0.29) is 0 Å². The zero-order valence-electron chi connectivity index (χ0n) is 5.39. The summed E-state index contributed by atoms with van der Waals surface area (Å²) in [7, 11) is 0. The molecule has 0 heteroatoms. The van der Waals surface area contributed by atoms with Crippen molar-refractivity contribution >= 4 is 0 Å². The molecule has 0 nitrogen and oxygen atoms in total. The SMILES string of the molecule is [C]#Cc1ccccc1C#C. The first-order valence-electron chi connectivity index (χ1n) is 2.87. The number of hydrogen-bond acceptors (Lipinski definition) is 0. The van der Waals surface area contributed by atoms with E-state index in [1.165, 1.54) is 0 Å². The fourth-order valence-corrected chi connectivity index (χ4v) is 0.718. The first kappa shape index (κ1) is 6.46. The second-order valence-electron chi connectivity index (χ2n) is 1.81. The van der Waals surface area contributed by atoms with Gasteiger partial charge in [0.25, 0.3) is 0 Å². The molecule has 1 aromatic carbocycles. The highest BCUT2D eigenvalue weighted by Crippen LogP contribution is 2.03. The van der Waals surface area contributed by atoms with Gasteiger partial charge in [-0.15, -0.1) is 6.42 Å². The summed E-state index contributed by atoms with van der Waals surface area (Å²) in [6.07, 6.45) is 12.0. The summed E-state index contributed by atoms with van der Waals surface area (Å²) in [6, 6.07) is 7.23. The van der Waals surface area contributed by atoms with Gasteiger partial charge < -0.3 is 0 Å². The lowest BCUT2D eigenvalue weighted by molar-refractivity contribution is 1.59. The fraction of sp³-hybridized carbons (Fsp3) is 0. The van der Waals surface area contributed by atoms with Gasteiger partial charge in [0.15, 0.2) is 0 Å². The fourth-order valence-electron chi connectivity index (χ4n) is 0.718. The number of terminal acetylenes is 1. The lowest BCUT2D eigenvalue weighted by Crippen LogP contribution is -1.79. The average Bonchev–Trinajstić information content (AvgIpc) is 2.04. The van der Waals surface area contributed by atoms with Crippen molar-refractivity contribution < 1.29 is 0 Å². The van der Waals surface area contributed by atoms with Crippen LogP contribution in [0.2, 0.25) is 0 Å². The molecular weight excluding hydrogens is 120 g/mol. The van der Waals surface area contributed by atoms with E-state index >= 15 is 0 Å². The van der Waals surface area contributed by atoms with Crippen LogP contribution in [-0.4, -0.2) is 0 Å². The molecule has 0 amide bonds. The highest BCUT2D eigenvalue weighted by molar-refractivity contribution is 5.47. The first-order chi connectivity index (χ1) is 4.88. The smallest absolute Gasteiger partial charge is 0.0412 e. The van der Waals surface area contributed by atoms with Gasteiger partial charge >= 0.3 is 0 Å². The van der Waals surface area contributed by atoms with Crippen molar-refractivity contribution in [2.45, 2.75) is 0 Å². The van der Waals surface area contributed by atoms with Crippen molar-refractivity contribution in [3.8, 4) is 18.3 Å². The quantitative estimate of drug-likeness (QED) is 0.462. The lowest BCUT2D eigenvalue weighted by atomic mass is 10.1. The third-order valence-electron chi connectivity index (χ3n) is 1.22. The Kier molecular flexibility index (Phi) is 1.78. The molecule has 0 aliphatic carbocycles. The zero-order valence-corrected chi connectivity index (χ0v) is 5.39. The van der Waals surface area contributed by atoms with Gasteiger partial charge in [0, 0.05) is 11.1 Å². The summed E-state index contributed by atoms with van der Waals surface area (Å²) in [4.78, 5) is 0. The van der Waals surface area contributed by atoms with E-state index in [4.69, 9.17) is 12.8 Å². The van der Waals surface area contributed by atoms with E-state index in [0.717, 1.165) is 5.56 Å². The monoisotopic (exact) mass is 125 g/mol. The summed E-state index contributed by atoms with van der Waals surface area (Å²) >= 11 is 0. The molecule has 0 saturated heterocycles. The molecule has 0 N–H and O–H groups in total. The van der Waals surface area contributed by atoms with Crippen molar-refractivity contribution in [2.75, 3.05) is 0 Å². The Labute approximate surface area is 60.9 Å². The summed E-state index contributed by atoms with van der Waals surface area (Å²) in [5.74, 6) is 4.72. The van der Waals surface area contributed by atoms with Crippen LogP contribution in [0.15, 0.2) is 24.3 Å². The molecule has 0 heterocycles. The van der Waals surface area contributed by atoms with Gasteiger partial charge in [0.1, 0.15) is 0 Å². The lowest BCUT2D eigenvalue weighted by Gasteiger charge is -1.91. The summed E-state index contributed by atoms with van der Waals surface area (Å²) in [5, 5.41) is 0. The molecule has 1 aromatic rings. The minimum atomic E-state index is 0.671. The Bertz CT molecular complexity index is 275. The molecule has 0 atom stereocenters. The van der Waals surface area contributed by atoms with Gasteiger partial charge in [0.05, 0.1) is 0 Å². The standard InChI is InChI=1S/C10H5/c1-3-9-7-5-6-8-10(9)4-2/h1,5-8H. The van der Waals surface area contributed by atoms with Gasteiger partial charge in [-0.05, 0) is 18.6 Å². The van der Waals surface area contributed by atoms with E-state index in [2.05, 4.69) is 11.8 Å². The Morgan fingerprint density at radius 2 is 1.80 bits per heavy atom. The van der Waals surface area contributed by atoms with Crippen molar-refractivity contribution in [3.63, 3.8) is 0 Å². The van der Waals surface area contributed by atoms with Crippen LogP contribution < -0.4 is 0 Å². The van der Waals surface area contributed by atoms with Crippen LogP contribution in [0.4, 0.5) is 0 Å². The molecule has 1 radical (unpaired) electrons. The number of benzene rings is 1. The Balaban J connectivity index is 3.28. The molecule has 0 aromatic heterocycles. The molecule has 0 spiro atoms. The summed E-state index contributed by atoms with van der Waals surface area (Å²) in [6.45, 7) is 0. The molecule has 0 aliphatic rings. The van der Waals surface area contributed by atoms with Crippen LogP contribution in [0.1, 0.15) is 11.1 Å². The Morgan fingerprint density at radius 1 is 1.20 bits per heavy atom. The highest BCUT2D eigenvalue weighted by atomic mass is 13.9. The minimum Gasteiger partial charge on any atom is -0.115 e. The second kappa shape index (κ2) is 2.76. The van der Waals surface area contributed by atoms with E-state index in [9.17, 15) is 0 Å². The first-order valence-corrected chi connectivity index (χ1v) is 2.87.